The molecule has 1 aliphatic rings. The fraction of sp³-hybridized carbons (Fsp3) is 0.350. The zero-order chi connectivity index (χ0) is 22.4. The van der Waals surface area contributed by atoms with Crippen LogP contribution in [0.15, 0.2) is 35.7 Å². The van der Waals surface area contributed by atoms with Crippen LogP contribution in [0.5, 0.6) is 0 Å². The smallest absolute Gasteiger partial charge is 0.280 e. The molecule has 0 aromatic heterocycles. The van der Waals surface area contributed by atoms with Gasteiger partial charge in [-0.3, -0.25) is 15.6 Å². The van der Waals surface area contributed by atoms with Gasteiger partial charge in [0.2, 0.25) is 5.91 Å². The first-order valence-corrected chi connectivity index (χ1v) is 9.25. The predicted molar refractivity (Wildman–Crippen MR) is 111 cm³/mol. The number of benzene rings is 1. The number of nitrogens with zero attached hydrogens (tertiary/aromatic N) is 1. The summed E-state index contributed by atoms with van der Waals surface area (Å²) in [5.74, 6) is -0.938. The Labute approximate surface area is 173 Å². The summed E-state index contributed by atoms with van der Waals surface area (Å²) in [6, 6.07) is 3.76. The highest BCUT2D eigenvalue weighted by Crippen LogP contribution is 2.25. The first-order chi connectivity index (χ1) is 14.2. The molecule has 1 heterocycles. The van der Waals surface area contributed by atoms with E-state index in [9.17, 15) is 18.0 Å². The molecule has 0 radical (unpaired) electrons. The Morgan fingerprint density at radius 3 is 2.50 bits per heavy atom. The Kier molecular flexibility index (Phi) is 7.62. The Bertz CT molecular complexity index is 910. The molecule has 0 aliphatic carbocycles. The van der Waals surface area contributed by atoms with Crippen molar-refractivity contribution in [3.8, 4) is 0 Å². The van der Waals surface area contributed by atoms with E-state index in [0.29, 0.717) is 18.5 Å². The van der Waals surface area contributed by atoms with Crippen LogP contribution in [0.3, 0.4) is 0 Å². The van der Waals surface area contributed by atoms with Gasteiger partial charge in [-0.25, -0.2) is 13.2 Å². The minimum absolute atomic E-state index is 0.0148. The molecule has 5 N–H and O–H groups in total. The van der Waals surface area contributed by atoms with Gasteiger partial charge in [-0.1, -0.05) is 6.07 Å². The predicted octanol–water partition coefficient (Wildman–Crippen LogP) is 2.79. The third kappa shape index (κ3) is 5.19. The van der Waals surface area contributed by atoms with E-state index in [-0.39, 0.29) is 35.1 Å². The summed E-state index contributed by atoms with van der Waals surface area (Å²) < 4.78 is 40.5. The van der Waals surface area contributed by atoms with E-state index in [1.807, 2.05) is 0 Å². The second-order valence-corrected chi connectivity index (χ2v) is 6.65. The molecule has 2 rings (SSSR count). The molecular formula is C20H25F3N6O. The lowest BCUT2D eigenvalue weighted by Crippen LogP contribution is -2.40. The lowest BCUT2D eigenvalue weighted by Gasteiger charge is -2.30. The van der Waals surface area contributed by atoms with Gasteiger partial charge in [0.05, 0.1) is 12.2 Å². The Morgan fingerprint density at radius 2 is 1.97 bits per heavy atom. The van der Waals surface area contributed by atoms with Gasteiger partial charge in [0, 0.05) is 57.0 Å². The first-order valence-electron chi connectivity index (χ1n) is 9.25. The van der Waals surface area contributed by atoms with Crippen molar-refractivity contribution in [1.29, 1.82) is 10.8 Å². The Hall–Kier alpha value is -3.30. The van der Waals surface area contributed by atoms with E-state index in [0.717, 1.165) is 11.8 Å². The first kappa shape index (κ1) is 23.0. The highest BCUT2D eigenvalue weighted by molar-refractivity contribution is 6.23. The van der Waals surface area contributed by atoms with Crippen LogP contribution in [0.25, 0.3) is 5.57 Å². The van der Waals surface area contributed by atoms with Gasteiger partial charge in [0.15, 0.2) is 0 Å². The zero-order valence-electron chi connectivity index (χ0n) is 17.0. The van der Waals surface area contributed by atoms with E-state index in [4.69, 9.17) is 10.8 Å². The van der Waals surface area contributed by atoms with Gasteiger partial charge in [0.1, 0.15) is 17.4 Å². The molecule has 30 heavy (non-hydrogen) atoms. The highest BCUT2D eigenvalue weighted by Gasteiger charge is 2.24. The molecule has 0 saturated heterocycles. The second-order valence-electron chi connectivity index (χ2n) is 6.65. The second kappa shape index (κ2) is 9.95. The number of amides is 1. The monoisotopic (exact) mass is 422 g/mol. The van der Waals surface area contributed by atoms with Crippen molar-refractivity contribution in [3.05, 3.63) is 47.0 Å². The van der Waals surface area contributed by atoms with Crippen molar-refractivity contribution < 1.29 is 18.0 Å². The molecular weight excluding hydrogens is 397 g/mol. The van der Waals surface area contributed by atoms with E-state index < -0.39 is 18.0 Å². The number of rotatable bonds is 7. The number of amidine groups is 1. The molecule has 0 unspecified atom stereocenters. The number of hydrogen-bond acceptors (Lipinski definition) is 5. The zero-order valence-corrected chi connectivity index (χ0v) is 17.0. The summed E-state index contributed by atoms with van der Waals surface area (Å²) in [6.45, 7) is 2.20. The van der Waals surface area contributed by atoms with Gasteiger partial charge in [-0.05, 0) is 17.7 Å². The summed E-state index contributed by atoms with van der Waals surface area (Å²) in [6.07, 6.45) is -1.24. The van der Waals surface area contributed by atoms with Crippen molar-refractivity contribution in [2.45, 2.75) is 19.8 Å². The number of carbonyl (C=O) groups excluding carboxylic acids is 1. The van der Waals surface area contributed by atoms with Crippen LogP contribution in [-0.2, 0) is 4.79 Å². The summed E-state index contributed by atoms with van der Waals surface area (Å²) in [4.78, 5) is 13.3. The number of nitrogens with one attached hydrogen (secondary N) is 5. The van der Waals surface area contributed by atoms with Crippen molar-refractivity contribution in [2.75, 3.05) is 32.5 Å². The van der Waals surface area contributed by atoms with E-state index in [1.54, 1.807) is 11.9 Å². The third-order valence-corrected chi connectivity index (χ3v) is 4.73. The fourth-order valence-corrected chi connectivity index (χ4v) is 3.11. The van der Waals surface area contributed by atoms with Crippen LogP contribution in [-0.4, -0.2) is 56.0 Å². The van der Waals surface area contributed by atoms with Crippen LogP contribution in [0.1, 0.15) is 18.9 Å². The van der Waals surface area contributed by atoms with Crippen LogP contribution >= 0.6 is 0 Å². The maximum absolute atomic E-state index is 14.7. The number of hydrogen-bond donors (Lipinski definition) is 5. The van der Waals surface area contributed by atoms with Gasteiger partial charge in [-0.2, -0.15) is 0 Å². The van der Waals surface area contributed by atoms with Crippen LogP contribution in [0.4, 0.5) is 18.9 Å². The fourth-order valence-electron chi connectivity index (χ4n) is 3.11. The van der Waals surface area contributed by atoms with E-state index in [2.05, 4.69) is 16.0 Å². The van der Waals surface area contributed by atoms with Crippen molar-refractivity contribution in [1.82, 2.24) is 15.5 Å². The summed E-state index contributed by atoms with van der Waals surface area (Å²) in [7, 11) is 3.21. The lowest BCUT2D eigenvalue weighted by atomic mass is 10.0. The molecule has 1 aliphatic heterocycles. The summed E-state index contributed by atoms with van der Waals surface area (Å²) >= 11 is 0. The number of halogens is 3. The molecule has 1 amide bonds. The van der Waals surface area contributed by atoms with Gasteiger partial charge in [-0.15, -0.1) is 0 Å². The molecule has 0 spiro atoms. The minimum atomic E-state index is -3.00. The molecule has 7 nitrogen and oxygen atoms in total. The average molecular weight is 422 g/mol. The van der Waals surface area contributed by atoms with Crippen molar-refractivity contribution in [2.24, 2.45) is 0 Å². The van der Waals surface area contributed by atoms with Crippen LogP contribution in [0, 0.1) is 16.6 Å². The Morgan fingerprint density at radius 1 is 1.27 bits per heavy atom. The molecule has 1 aromatic rings. The van der Waals surface area contributed by atoms with E-state index in [1.165, 1.54) is 32.3 Å². The van der Waals surface area contributed by atoms with Gasteiger partial charge in [0.25, 0.3) is 6.43 Å². The third-order valence-electron chi connectivity index (χ3n) is 4.73. The van der Waals surface area contributed by atoms with Crippen LogP contribution < -0.4 is 16.0 Å². The highest BCUT2D eigenvalue weighted by atomic mass is 19.3. The number of anilines is 1. The normalized spacial score (nSPS) is 14.6. The molecule has 0 atom stereocenters. The van der Waals surface area contributed by atoms with Crippen molar-refractivity contribution in [3.63, 3.8) is 0 Å². The molecule has 1 aromatic carbocycles. The lowest BCUT2D eigenvalue weighted by molar-refractivity contribution is -0.128. The molecule has 10 heteroatoms. The molecule has 0 fully saturated rings. The van der Waals surface area contributed by atoms with Gasteiger partial charge < -0.3 is 20.9 Å². The molecule has 0 saturated carbocycles. The minimum Gasteiger partial charge on any atom is -0.393 e. The average Bonchev–Trinajstić information content (AvgIpc) is 2.72. The SMILES string of the molecule is CN/C=C(\C(=N)C(F)F)c1ccc(NC(=N)C2=C(NC)CCN(C(C)=O)C2)c(F)c1. The number of allylic oxidation sites excluding steroid dienone is 1. The maximum atomic E-state index is 14.7. The van der Waals surface area contributed by atoms with Gasteiger partial charge >= 0.3 is 0 Å². The quantitative estimate of drug-likeness (QED) is 0.344. The largest absolute Gasteiger partial charge is 0.393 e. The topological polar surface area (TPSA) is 104 Å². The van der Waals surface area contributed by atoms with E-state index >= 15 is 0 Å². The molecule has 0 bridgehead atoms. The summed E-state index contributed by atoms with van der Waals surface area (Å²) in [5.41, 5.74) is 0.369. The Balaban J connectivity index is 2.28. The maximum Gasteiger partial charge on any atom is 0.280 e. The molecule has 162 valence electrons. The summed E-state index contributed by atoms with van der Waals surface area (Å²) in [5, 5.41) is 24.2. The number of alkyl halides is 2. The van der Waals surface area contributed by atoms with Crippen molar-refractivity contribution >= 4 is 28.7 Å². The number of carbonyl (C=O) groups is 1. The van der Waals surface area contributed by atoms with Crippen LogP contribution in [0.2, 0.25) is 0 Å². The standard InChI is InChI=1S/C20H25F3N6O/c1-11(30)29-7-6-16(27-3)14(10-29)20(25)28-17-5-4-12(8-15(17)21)13(9-26-2)18(24)19(22)23/h4-5,8-9,19,24,26-27H,6-7,10H2,1-3H3,(H2,25,28)/b13-9-,24-18?.